The van der Waals surface area contributed by atoms with Gasteiger partial charge in [-0.1, -0.05) is 100 Å². The summed E-state index contributed by atoms with van der Waals surface area (Å²) in [6, 6.07) is 38.0. The van der Waals surface area contributed by atoms with Crippen LogP contribution in [-0.2, 0) is 12.5 Å². The lowest BCUT2D eigenvalue weighted by Crippen LogP contribution is -2.43. The molecular formula is C40H43N2+. The molecule has 0 bridgehead atoms. The highest BCUT2D eigenvalue weighted by Crippen LogP contribution is 2.38. The van der Waals surface area contributed by atoms with E-state index in [0.717, 1.165) is 0 Å². The van der Waals surface area contributed by atoms with Crippen molar-refractivity contribution < 1.29 is 4.57 Å². The van der Waals surface area contributed by atoms with E-state index in [9.17, 15) is 0 Å². The number of benzene rings is 5. The van der Waals surface area contributed by atoms with E-state index < -0.39 is 0 Å². The molecule has 0 amide bonds. The minimum Gasteiger partial charge on any atom is -0.229 e. The van der Waals surface area contributed by atoms with E-state index in [1.807, 2.05) is 0 Å². The largest absolute Gasteiger partial charge is 0.267 e. The first-order chi connectivity index (χ1) is 20.1. The summed E-state index contributed by atoms with van der Waals surface area (Å²) in [7, 11) is 2.24. The van der Waals surface area contributed by atoms with Crippen LogP contribution in [-0.4, -0.2) is 4.57 Å². The minimum absolute atomic E-state index is 0.0662. The number of aromatic nitrogens is 2. The van der Waals surface area contributed by atoms with Crippen LogP contribution in [0.15, 0.2) is 103 Å². The topological polar surface area (TPSA) is 8.81 Å². The second kappa shape index (κ2) is 10.6. The number of hydrogen-bond donors (Lipinski definition) is 0. The molecular weight excluding hydrogens is 508 g/mol. The molecule has 0 N–H and O–H groups in total. The van der Waals surface area contributed by atoms with Gasteiger partial charge in [0.25, 0.3) is 5.82 Å². The first-order valence-electron chi connectivity index (χ1n) is 15.3. The van der Waals surface area contributed by atoms with Crippen LogP contribution in [0.3, 0.4) is 0 Å². The highest BCUT2D eigenvalue weighted by molar-refractivity contribution is 6.02. The molecule has 0 saturated heterocycles. The van der Waals surface area contributed by atoms with Crippen LogP contribution in [0.2, 0.25) is 0 Å². The van der Waals surface area contributed by atoms with Crippen molar-refractivity contribution in [2.45, 2.75) is 65.7 Å². The Kier molecular flexibility index (Phi) is 7.05. The zero-order chi connectivity index (χ0) is 29.8. The second-order valence-electron chi connectivity index (χ2n) is 13.4. The highest BCUT2D eigenvalue weighted by Gasteiger charge is 2.37. The van der Waals surface area contributed by atoms with Crippen molar-refractivity contribution in [2.24, 2.45) is 7.05 Å². The Bertz CT molecular complexity index is 1870. The van der Waals surface area contributed by atoms with Crippen LogP contribution in [0.5, 0.6) is 0 Å². The van der Waals surface area contributed by atoms with Gasteiger partial charge in [-0.25, -0.2) is 4.57 Å². The molecule has 1 aromatic heterocycles. The molecule has 0 aliphatic rings. The van der Waals surface area contributed by atoms with E-state index in [1.165, 1.54) is 66.7 Å². The Morgan fingerprint density at radius 3 is 1.69 bits per heavy atom. The maximum atomic E-state index is 2.62. The van der Waals surface area contributed by atoms with Gasteiger partial charge in [-0.2, -0.15) is 4.57 Å². The molecule has 0 atom stereocenters. The maximum absolute atomic E-state index is 2.62. The van der Waals surface area contributed by atoms with Crippen LogP contribution in [0, 0.1) is 0 Å². The standard InChI is InChI=1S/C40H43N2/c1-26(2)34-24-32(30-20-18-29(19-21-30)28-14-10-9-11-15-28)25-35(27(3)4)37(34)42-38-33-17-13-12-16-31(33)22-23-36(38)41(8)39(42)40(5,6)7/h9-27H,1-8H3/q+1. The zero-order valence-electron chi connectivity index (χ0n) is 26.4. The van der Waals surface area contributed by atoms with Crippen molar-refractivity contribution in [3.63, 3.8) is 0 Å². The summed E-state index contributed by atoms with van der Waals surface area (Å²) in [6.07, 6.45) is 0. The molecule has 0 fully saturated rings. The summed E-state index contributed by atoms with van der Waals surface area (Å²) in [5.41, 5.74) is 11.7. The molecule has 6 aromatic rings. The molecule has 2 heteroatoms. The first-order valence-corrected chi connectivity index (χ1v) is 15.3. The van der Waals surface area contributed by atoms with Crippen molar-refractivity contribution in [1.82, 2.24) is 4.57 Å². The van der Waals surface area contributed by atoms with Crippen LogP contribution in [0.4, 0.5) is 0 Å². The predicted octanol–water partition coefficient (Wildman–Crippen LogP) is 10.5. The maximum Gasteiger partial charge on any atom is 0.267 e. The van der Waals surface area contributed by atoms with Gasteiger partial charge in [0.05, 0.1) is 12.5 Å². The fraction of sp³-hybridized carbons (Fsp3) is 0.275. The molecule has 2 nitrogen and oxygen atoms in total. The molecule has 1 heterocycles. The average molecular weight is 552 g/mol. The molecule has 0 unspecified atom stereocenters. The van der Waals surface area contributed by atoms with Crippen LogP contribution >= 0.6 is 0 Å². The molecule has 6 rings (SSSR count). The van der Waals surface area contributed by atoms with Gasteiger partial charge in [-0.3, -0.25) is 0 Å². The van der Waals surface area contributed by atoms with Crippen molar-refractivity contribution in [3.8, 4) is 27.9 Å². The van der Waals surface area contributed by atoms with Crippen LogP contribution in [0.25, 0.3) is 49.7 Å². The minimum atomic E-state index is -0.0662. The normalized spacial score (nSPS) is 12.2. The summed E-state index contributed by atoms with van der Waals surface area (Å²) in [5.74, 6) is 2.02. The van der Waals surface area contributed by atoms with E-state index in [0.29, 0.717) is 11.8 Å². The SMILES string of the molecule is CC(C)c1cc(-c2ccc(-c3ccccc3)cc2)cc(C(C)C)c1-[n+]1c(C(C)(C)C)n(C)c2ccc3ccccc3c21. The fourth-order valence-electron chi connectivity index (χ4n) is 6.65. The molecule has 5 aromatic carbocycles. The predicted molar refractivity (Wildman–Crippen MR) is 180 cm³/mol. The molecule has 0 spiro atoms. The second-order valence-corrected chi connectivity index (χ2v) is 13.4. The molecule has 0 aliphatic carbocycles. The lowest BCUT2D eigenvalue weighted by Gasteiger charge is -2.23. The van der Waals surface area contributed by atoms with E-state index in [2.05, 4.69) is 168 Å². The lowest BCUT2D eigenvalue weighted by atomic mass is 9.87. The number of hydrogen-bond acceptors (Lipinski definition) is 0. The highest BCUT2D eigenvalue weighted by atomic mass is 15.2. The van der Waals surface area contributed by atoms with Crippen LogP contribution in [0.1, 0.15) is 77.3 Å². The first kappa shape index (κ1) is 28.0. The number of aryl methyl sites for hydroxylation is 1. The summed E-state index contributed by atoms with van der Waals surface area (Å²) in [6.45, 7) is 16.4. The lowest BCUT2D eigenvalue weighted by molar-refractivity contribution is -0.582. The third-order valence-corrected chi connectivity index (χ3v) is 8.63. The third kappa shape index (κ3) is 4.73. The quantitative estimate of drug-likeness (QED) is 0.188. The average Bonchev–Trinajstić information content (AvgIpc) is 3.29. The van der Waals surface area contributed by atoms with Crippen molar-refractivity contribution in [1.29, 1.82) is 0 Å². The van der Waals surface area contributed by atoms with Gasteiger partial charge >= 0.3 is 0 Å². The number of rotatable bonds is 5. The van der Waals surface area contributed by atoms with E-state index in [1.54, 1.807) is 0 Å². The number of nitrogens with zero attached hydrogens (tertiary/aromatic N) is 2. The van der Waals surface area contributed by atoms with Gasteiger partial charge in [0.1, 0.15) is 5.69 Å². The third-order valence-electron chi connectivity index (χ3n) is 8.63. The van der Waals surface area contributed by atoms with Gasteiger partial charge in [0.2, 0.25) is 0 Å². The summed E-state index contributed by atoms with van der Waals surface area (Å²) in [5, 5.41) is 2.57. The Morgan fingerprint density at radius 1 is 0.595 bits per heavy atom. The Hall–Kier alpha value is -4.17. The van der Waals surface area contributed by atoms with Gasteiger partial charge in [0, 0.05) is 16.5 Å². The molecule has 0 aliphatic heterocycles. The Balaban J connectivity index is 1.67. The van der Waals surface area contributed by atoms with Gasteiger partial charge in [0.15, 0.2) is 11.0 Å². The van der Waals surface area contributed by atoms with Gasteiger partial charge < -0.3 is 0 Å². The monoisotopic (exact) mass is 551 g/mol. The van der Waals surface area contributed by atoms with Gasteiger partial charge in [-0.15, -0.1) is 0 Å². The molecule has 0 saturated carbocycles. The number of fused-ring (bicyclic) bond motifs is 3. The molecule has 212 valence electrons. The number of imidazole rings is 1. The van der Waals surface area contributed by atoms with E-state index >= 15 is 0 Å². The zero-order valence-corrected chi connectivity index (χ0v) is 26.4. The van der Waals surface area contributed by atoms with Crippen molar-refractivity contribution in [2.75, 3.05) is 0 Å². The van der Waals surface area contributed by atoms with Crippen LogP contribution < -0.4 is 4.57 Å². The smallest absolute Gasteiger partial charge is 0.229 e. The Morgan fingerprint density at radius 2 is 1.12 bits per heavy atom. The van der Waals surface area contributed by atoms with Gasteiger partial charge in [-0.05, 0) is 90.6 Å². The van der Waals surface area contributed by atoms with Crippen molar-refractivity contribution in [3.05, 3.63) is 120 Å². The summed E-state index contributed by atoms with van der Waals surface area (Å²) < 4.78 is 5.04. The Labute approximate surface area is 251 Å². The fourth-order valence-corrected chi connectivity index (χ4v) is 6.65. The molecule has 42 heavy (non-hydrogen) atoms. The van der Waals surface area contributed by atoms with E-state index in [4.69, 9.17) is 0 Å². The summed E-state index contributed by atoms with van der Waals surface area (Å²) >= 11 is 0. The molecule has 0 radical (unpaired) electrons. The van der Waals surface area contributed by atoms with Crippen molar-refractivity contribution >= 4 is 21.8 Å². The summed E-state index contributed by atoms with van der Waals surface area (Å²) in [4.78, 5) is 0. The van der Waals surface area contributed by atoms with E-state index in [-0.39, 0.29) is 5.41 Å².